The van der Waals surface area contributed by atoms with Gasteiger partial charge in [-0.05, 0) is 54.8 Å². The second-order valence-corrected chi connectivity index (χ2v) is 10.8. The quantitative estimate of drug-likeness (QED) is 0.529. The standard InChI is InChI=1S/C21H19B3ClFN4O4S/c1-10-4-6-14(26)17(11(10)2)12(3)18(19-27-28-20(31)34-19)30-9-29(21(22,23)24)15-8-13(25)5-7-16(15)35(30,32)33/h4-8,12,18H,9H2,1-3H3,(H,28,31). The number of halogens is 2. The highest BCUT2D eigenvalue weighted by Gasteiger charge is 2.46. The summed E-state index contributed by atoms with van der Waals surface area (Å²) in [5, 5.41) is 4.25. The Morgan fingerprint density at radius 2 is 1.91 bits per heavy atom. The SMILES string of the molecule is [B]C([B])([B])N1CN(C(c2n[nH]c(=O)o2)C(C)c2c(F)ccc(C)c2C)S(=O)(=O)c2ccc(Cl)cc21. The predicted molar refractivity (Wildman–Crippen MR) is 132 cm³/mol. The van der Waals surface area contributed by atoms with E-state index in [9.17, 15) is 13.2 Å². The van der Waals surface area contributed by atoms with Crippen molar-refractivity contribution in [3.8, 4) is 0 Å². The van der Waals surface area contributed by atoms with Crippen molar-refractivity contribution in [1.29, 1.82) is 0 Å². The summed E-state index contributed by atoms with van der Waals surface area (Å²) in [7, 11) is 13.7. The number of nitrogens with one attached hydrogen (secondary N) is 1. The molecule has 176 valence electrons. The van der Waals surface area contributed by atoms with Crippen LogP contribution in [-0.2, 0) is 10.0 Å². The Kier molecular flexibility index (Phi) is 6.48. The molecule has 2 unspecified atom stereocenters. The molecule has 1 aromatic heterocycles. The van der Waals surface area contributed by atoms with Crippen LogP contribution in [0.15, 0.2) is 44.4 Å². The lowest BCUT2D eigenvalue weighted by molar-refractivity contribution is 0.234. The second kappa shape index (κ2) is 8.87. The van der Waals surface area contributed by atoms with Crippen LogP contribution in [0.4, 0.5) is 10.1 Å². The van der Waals surface area contributed by atoms with Gasteiger partial charge in [0, 0.05) is 10.9 Å². The maximum Gasteiger partial charge on any atom is 0.434 e. The third-order valence-corrected chi connectivity index (χ3v) is 8.32. The number of fused-ring (bicyclic) bond motifs is 1. The van der Waals surface area contributed by atoms with Crippen molar-refractivity contribution in [3.05, 3.63) is 74.3 Å². The Balaban J connectivity index is 1.97. The molecular weight excluding hydrogens is 491 g/mol. The van der Waals surface area contributed by atoms with Crippen molar-refractivity contribution in [2.45, 2.75) is 42.9 Å². The van der Waals surface area contributed by atoms with Gasteiger partial charge in [0.1, 0.15) is 16.8 Å². The Morgan fingerprint density at radius 3 is 2.51 bits per heavy atom. The number of aryl methyl sites for hydroxylation is 1. The van der Waals surface area contributed by atoms with Crippen molar-refractivity contribution in [2.24, 2.45) is 0 Å². The normalized spacial score (nSPS) is 17.7. The minimum atomic E-state index is -4.29. The summed E-state index contributed by atoms with van der Waals surface area (Å²) in [6.45, 7) is 4.68. The molecule has 0 aliphatic carbocycles. The number of aromatic nitrogens is 2. The minimum Gasteiger partial charge on any atom is -0.391 e. The van der Waals surface area contributed by atoms with Crippen LogP contribution < -0.4 is 10.7 Å². The third-order valence-electron chi connectivity index (χ3n) is 6.23. The fourth-order valence-electron chi connectivity index (χ4n) is 4.38. The lowest BCUT2D eigenvalue weighted by Crippen LogP contribution is -2.59. The van der Waals surface area contributed by atoms with Gasteiger partial charge in [0.15, 0.2) is 0 Å². The third kappa shape index (κ3) is 4.45. The molecule has 1 aliphatic rings. The number of aromatic amines is 1. The first kappa shape index (κ1) is 25.6. The van der Waals surface area contributed by atoms with Gasteiger partial charge >= 0.3 is 5.76 Å². The molecule has 2 heterocycles. The molecule has 1 aliphatic heterocycles. The van der Waals surface area contributed by atoms with Gasteiger partial charge in [-0.25, -0.2) is 22.7 Å². The number of sulfonamides is 1. The van der Waals surface area contributed by atoms with Crippen LogP contribution in [0.3, 0.4) is 0 Å². The lowest BCUT2D eigenvalue weighted by Gasteiger charge is -2.48. The molecule has 0 bridgehead atoms. The zero-order valence-corrected chi connectivity index (χ0v) is 20.7. The van der Waals surface area contributed by atoms with Gasteiger partial charge in [-0.15, -0.1) is 5.10 Å². The van der Waals surface area contributed by atoms with Crippen LogP contribution in [-0.4, -0.2) is 58.4 Å². The van der Waals surface area contributed by atoms with Gasteiger partial charge < -0.3 is 9.32 Å². The van der Waals surface area contributed by atoms with E-state index < -0.39 is 45.5 Å². The summed E-state index contributed by atoms with van der Waals surface area (Å²) in [4.78, 5) is 12.9. The van der Waals surface area contributed by atoms with Crippen LogP contribution in [0, 0.1) is 19.7 Å². The predicted octanol–water partition coefficient (Wildman–Crippen LogP) is 2.20. The van der Waals surface area contributed by atoms with Gasteiger partial charge in [0.25, 0.3) is 0 Å². The summed E-state index contributed by atoms with van der Waals surface area (Å²) >= 11 is 6.10. The first-order valence-corrected chi connectivity index (χ1v) is 12.3. The Labute approximate surface area is 211 Å². The smallest absolute Gasteiger partial charge is 0.391 e. The average molecular weight is 510 g/mol. The lowest BCUT2D eigenvalue weighted by atomic mass is 9.48. The van der Waals surface area contributed by atoms with Gasteiger partial charge in [-0.3, -0.25) is 0 Å². The van der Waals surface area contributed by atoms with Gasteiger partial charge in [0.05, 0.1) is 35.9 Å². The van der Waals surface area contributed by atoms with E-state index in [0.717, 1.165) is 9.87 Å². The first-order chi connectivity index (χ1) is 16.2. The molecule has 8 nitrogen and oxygen atoms in total. The number of rotatable bonds is 5. The van der Waals surface area contributed by atoms with Crippen molar-refractivity contribution >= 4 is 50.9 Å². The fraction of sp³-hybridized carbons (Fsp3) is 0.333. The maximum atomic E-state index is 15.1. The van der Waals surface area contributed by atoms with Crippen molar-refractivity contribution in [3.63, 3.8) is 0 Å². The van der Waals surface area contributed by atoms with Crippen molar-refractivity contribution < 1.29 is 17.2 Å². The van der Waals surface area contributed by atoms with E-state index in [1.807, 2.05) is 0 Å². The zero-order valence-electron chi connectivity index (χ0n) is 19.1. The van der Waals surface area contributed by atoms with E-state index in [2.05, 4.69) is 10.2 Å². The zero-order chi connectivity index (χ0) is 25.9. The molecule has 35 heavy (non-hydrogen) atoms. The maximum absolute atomic E-state index is 15.1. The van der Waals surface area contributed by atoms with Crippen LogP contribution in [0.5, 0.6) is 0 Å². The number of hydrogen-bond donors (Lipinski definition) is 1. The van der Waals surface area contributed by atoms with E-state index in [-0.39, 0.29) is 27.1 Å². The largest absolute Gasteiger partial charge is 0.434 e. The topological polar surface area (TPSA) is 99.5 Å². The van der Waals surface area contributed by atoms with Crippen LogP contribution in [0.2, 0.25) is 5.02 Å². The first-order valence-electron chi connectivity index (χ1n) is 10.5. The van der Waals surface area contributed by atoms with Crippen LogP contribution >= 0.6 is 11.6 Å². The van der Waals surface area contributed by atoms with E-state index >= 15 is 4.39 Å². The molecule has 14 heteroatoms. The molecule has 0 spiro atoms. The molecule has 0 saturated carbocycles. The monoisotopic (exact) mass is 510 g/mol. The Morgan fingerprint density at radius 1 is 1.23 bits per heavy atom. The number of H-pyrrole nitrogens is 1. The van der Waals surface area contributed by atoms with E-state index in [4.69, 9.17) is 39.6 Å². The molecule has 4 rings (SSSR count). The molecule has 0 fully saturated rings. The molecule has 3 aromatic rings. The van der Waals surface area contributed by atoms with Crippen molar-refractivity contribution in [1.82, 2.24) is 14.5 Å². The average Bonchev–Trinajstić information content (AvgIpc) is 3.17. The minimum absolute atomic E-state index is 0.0917. The van der Waals surface area contributed by atoms with Gasteiger partial charge in [-0.2, -0.15) is 4.31 Å². The summed E-state index contributed by atoms with van der Waals surface area (Å²) in [6, 6.07) is 5.70. The van der Waals surface area contributed by atoms with Crippen LogP contribution in [0.25, 0.3) is 0 Å². The molecular formula is C21H19B3ClFN4O4S. The Bertz CT molecular complexity index is 1460. The highest BCUT2D eigenvalue weighted by molar-refractivity contribution is 7.89. The summed E-state index contributed by atoms with van der Waals surface area (Å²) < 4.78 is 49.0. The van der Waals surface area contributed by atoms with E-state index in [1.54, 1.807) is 26.8 Å². The Hall–Kier alpha value is -2.50. The van der Waals surface area contributed by atoms with Crippen molar-refractivity contribution in [2.75, 3.05) is 11.6 Å². The highest BCUT2D eigenvalue weighted by Crippen LogP contribution is 2.45. The molecule has 1 N–H and O–H groups in total. The molecule has 2 atom stereocenters. The second-order valence-electron chi connectivity index (χ2n) is 8.55. The summed E-state index contributed by atoms with van der Waals surface area (Å²) in [5.74, 6) is -2.58. The number of nitrogens with zero attached hydrogens (tertiary/aromatic N) is 3. The van der Waals surface area contributed by atoms with Gasteiger partial charge in [0.2, 0.25) is 15.9 Å². The number of benzene rings is 2. The van der Waals surface area contributed by atoms with E-state index in [1.165, 1.54) is 29.2 Å². The highest BCUT2D eigenvalue weighted by atomic mass is 35.5. The molecule has 0 saturated heterocycles. The van der Waals surface area contributed by atoms with E-state index in [0.29, 0.717) is 5.56 Å². The summed E-state index contributed by atoms with van der Waals surface area (Å²) in [5.41, 5.74) is 1.74. The molecule has 6 radical (unpaired) electrons. The fourth-order valence-corrected chi connectivity index (χ4v) is 6.31. The number of hydrogen-bond acceptors (Lipinski definition) is 6. The molecule has 0 amide bonds. The summed E-state index contributed by atoms with van der Waals surface area (Å²) in [6.07, 6.45) is 0. The number of anilines is 1. The molecule has 2 aromatic carbocycles. The van der Waals surface area contributed by atoms with Crippen LogP contribution in [0.1, 0.15) is 41.5 Å². The van der Waals surface area contributed by atoms with Gasteiger partial charge in [-0.1, -0.05) is 29.8 Å².